The van der Waals surface area contributed by atoms with E-state index in [1.165, 1.54) is 0 Å². The molecule has 1 aromatic carbocycles. The van der Waals surface area contributed by atoms with Gasteiger partial charge in [0.1, 0.15) is 0 Å². The molecule has 3 nitrogen and oxygen atoms in total. The smallest absolute Gasteiger partial charge is 0.179 e. The molecule has 1 unspecified atom stereocenters. The molecule has 0 amide bonds. The van der Waals surface area contributed by atoms with Crippen LogP contribution in [0.2, 0.25) is 0 Å². The zero-order valence-electron chi connectivity index (χ0n) is 12.6. The monoisotopic (exact) mass is 263 g/mol. The first kappa shape index (κ1) is 15.9. The first-order valence-electron chi connectivity index (χ1n) is 6.86. The van der Waals surface area contributed by atoms with Gasteiger partial charge in [0, 0.05) is 18.2 Å². The van der Waals surface area contributed by atoms with Crippen LogP contribution < -0.4 is 0 Å². The molecule has 3 heteroatoms. The van der Waals surface area contributed by atoms with Gasteiger partial charge in [-0.1, -0.05) is 17.7 Å². The predicted octanol–water partition coefficient (Wildman–Crippen LogP) is 2.58. The molecule has 0 saturated carbocycles. The summed E-state index contributed by atoms with van der Waals surface area (Å²) in [6.07, 6.45) is 0. The van der Waals surface area contributed by atoms with Crippen molar-refractivity contribution in [3.63, 3.8) is 0 Å². The number of Topliss-reactive ketones (excluding diaryl/α,β-unsaturated/α-hetero) is 1. The second kappa shape index (κ2) is 6.83. The van der Waals surface area contributed by atoms with Gasteiger partial charge < -0.3 is 5.11 Å². The molecule has 0 aliphatic heterocycles. The van der Waals surface area contributed by atoms with E-state index in [-0.39, 0.29) is 24.5 Å². The number of aliphatic hydroxyl groups excluding tert-OH is 1. The van der Waals surface area contributed by atoms with Crippen LogP contribution in [0.25, 0.3) is 0 Å². The Balaban J connectivity index is 3.00. The second-order valence-corrected chi connectivity index (χ2v) is 5.41. The highest BCUT2D eigenvalue weighted by molar-refractivity contribution is 6.01. The molecule has 0 aliphatic rings. The average Bonchev–Trinajstić information content (AvgIpc) is 2.36. The van der Waals surface area contributed by atoms with Crippen molar-refractivity contribution in [1.29, 1.82) is 0 Å². The summed E-state index contributed by atoms with van der Waals surface area (Å²) in [5.74, 6) is 0.128. The lowest BCUT2D eigenvalue weighted by molar-refractivity contribution is 0.0742. The fourth-order valence-electron chi connectivity index (χ4n) is 2.39. The SMILES string of the molecule is Cc1ccc(C)c(C(=O)C(C)N(CCO)C(C)C)c1. The zero-order chi connectivity index (χ0) is 14.6. The van der Waals surface area contributed by atoms with Crippen LogP contribution >= 0.6 is 0 Å². The van der Waals surface area contributed by atoms with Crippen molar-refractivity contribution in [2.75, 3.05) is 13.2 Å². The molecule has 0 bridgehead atoms. The summed E-state index contributed by atoms with van der Waals surface area (Å²) in [5, 5.41) is 9.13. The molecule has 1 N–H and O–H groups in total. The molecular weight excluding hydrogens is 238 g/mol. The maximum Gasteiger partial charge on any atom is 0.179 e. The van der Waals surface area contributed by atoms with E-state index in [9.17, 15) is 4.79 Å². The topological polar surface area (TPSA) is 40.5 Å². The Morgan fingerprint density at radius 2 is 1.89 bits per heavy atom. The van der Waals surface area contributed by atoms with Crippen LogP contribution in [-0.4, -0.2) is 41.0 Å². The van der Waals surface area contributed by atoms with Crippen molar-refractivity contribution in [2.24, 2.45) is 0 Å². The Bertz CT molecular complexity index is 440. The van der Waals surface area contributed by atoms with Crippen LogP contribution in [0.5, 0.6) is 0 Å². The van der Waals surface area contributed by atoms with E-state index >= 15 is 0 Å². The van der Waals surface area contributed by atoms with Crippen molar-refractivity contribution in [1.82, 2.24) is 4.90 Å². The van der Waals surface area contributed by atoms with E-state index in [0.29, 0.717) is 6.54 Å². The van der Waals surface area contributed by atoms with Crippen LogP contribution in [0, 0.1) is 13.8 Å². The summed E-state index contributed by atoms with van der Waals surface area (Å²) in [7, 11) is 0. The number of nitrogens with zero attached hydrogens (tertiary/aromatic N) is 1. The molecule has 106 valence electrons. The van der Waals surface area contributed by atoms with Gasteiger partial charge in [0.2, 0.25) is 0 Å². The van der Waals surface area contributed by atoms with E-state index in [1.54, 1.807) is 0 Å². The Morgan fingerprint density at radius 3 is 2.42 bits per heavy atom. The van der Waals surface area contributed by atoms with E-state index in [1.807, 2.05) is 57.7 Å². The van der Waals surface area contributed by atoms with Gasteiger partial charge in [-0.25, -0.2) is 0 Å². The van der Waals surface area contributed by atoms with Crippen molar-refractivity contribution < 1.29 is 9.90 Å². The third-order valence-electron chi connectivity index (χ3n) is 3.56. The van der Waals surface area contributed by atoms with Gasteiger partial charge in [-0.2, -0.15) is 0 Å². The number of aliphatic hydroxyl groups is 1. The number of carbonyl (C=O) groups is 1. The summed E-state index contributed by atoms with van der Waals surface area (Å²) in [6, 6.07) is 5.97. The van der Waals surface area contributed by atoms with Crippen LogP contribution in [-0.2, 0) is 0 Å². The van der Waals surface area contributed by atoms with Crippen molar-refractivity contribution >= 4 is 5.78 Å². The van der Waals surface area contributed by atoms with Gasteiger partial charge in [-0.3, -0.25) is 9.69 Å². The van der Waals surface area contributed by atoms with Gasteiger partial charge in [0.25, 0.3) is 0 Å². The molecule has 1 rings (SSSR count). The molecule has 0 aliphatic carbocycles. The molecule has 0 spiro atoms. The maximum absolute atomic E-state index is 12.6. The number of carbonyl (C=O) groups excluding carboxylic acids is 1. The van der Waals surface area contributed by atoms with Gasteiger partial charge in [0.15, 0.2) is 5.78 Å². The Labute approximate surface area is 116 Å². The number of ketones is 1. The van der Waals surface area contributed by atoms with Crippen LogP contribution in [0.4, 0.5) is 0 Å². The van der Waals surface area contributed by atoms with E-state index in [4.69, 9.17) is 5.11 Å². The lowest BCUT2D eigenvalue weighted by atomic mass is 9.97. The van der Waals surface area contributed by atoms with Crippen molar-refractivity contribution in [2.45, 2.75) is 46.7 Å². The Kier molecular flexibility index (Phi) is 5.70. The molecule has 0 aromatic heterocycles. The molecule has 0 radical (unpaired) electrons. The minimum Gasteiger partial charge on any atom is -0.395 e. The first-order chi connectivity index (χ1) is 8.88. The number of hydrogen-bond acceptors (Lipinski definition) is 3. The van der Waals surface area contributed by atoms with Crippen LogP contribution in [0.1, 0.15) is 42.3 Å². The number of benzene rings is 1. The Morgan fingerprint density at radius 1 is 1.26 bits per heavy atom. The highest BCUT2D eigenvalue weighted by Crippen LogP contribution is 2.16. The molecule has 1 aromatic rings. The predicted molar refractivity (Wildman–Crippen MR) is 78.6 cm³/mol. The van der Waals surface area contributed by atoms with Crippen LogP contribution in [0.3, 0.4) is 0 Å². The summed E-state index contributed by atoms with van der Waals surface area (Å²) in [4.78, 5) is 14.6. The first-order valence-corrected chi connectivity index (χ1v) is 6.86. The summed E-state index contributed by atoms with van der Waals surface area (Å²) < 4.78 is 0. The number of aryl methyl sites for hydroxylation is 2. The second-order valence-electron chi connectivity index (χ2n) is 5.41. The third-order valence-corrected chi connectivity index (χ3v) is 3.56. The fourth-order valence-corrected chi connectivity index (χ4v) is 2.39. The normalized spacial score (nSPS) is 13.1. The van der Waals surface area contributed by atoms with E-state index in [2.05, 4.69) is 0 Å². The van der Waals surface area contributed by atoms with Crippen molar-refractivity contribution in [3.05, 3.63) is 34.9 Å². The van der Waals surface area contributed by atoms with Gasteiger partial charge in [-0.05, 0) is 46.2 Å². The third kappa shape index (κ3) is 3.88. The van der Waals surface area contributed by atoms with Gasteiger partial charge in [-0.15, -0.1) is 0 Å². The fraction of sp³-hybridized carbons (Fsp3) is 0.562. The highest BCUT2D eigenvalue weighted by Gasteiger charge is 2.25. The van der Waals surface area contributed by atoms with E-state index < -0.39 is 0 Å². The molecule has 1 atom stereocenters. The largest absolute Gasteiger partial charge is 0.395 e. The van der Waals surface area contributed by atoms with Gasteiger partial charge in [0.05, 0.1) is 12.6 Å². The standard InChI is InChI=1S/C16H25NO2/c1-11(2)17(8-9-18)14(5)16(19)15-10-12(3)6-7-13(15)4/h6-7,10-11,14,18H,8-9H2,1-5H3. The molecule has 19 heavy (non-hydrogen) atoms. The Hall–Kier alpha value is -1.19. The highest BCUT2D eigenvalue weighted by atomic mass is 16.3. The molecule has 0 saturated heterocycles. The van der Waals surface area contributed by atoms with Crippen LogP contribution in [0.15, 0.2) is 18.2 Å². The molecule has 0 fully saturated rings. The number of hydrogen-bond donors (Lipinski definition) is 1. The minimum atomic E-state index is -0.215. The lowest BCUT2D eigenvalue weighted by Crippen LogP contribution is -2.45. The van der Waals surface area contributed by atoms with Crippen molar-refractivity contribution in [3.8, 4) is 0 Å². The zero-order valence-corrected chi connectivity index (χ0v) is 12.6. The lowest BCUT2D eigenvalue weighted by Gasteiger charge is -2.31. The average molecular weight is 263 g/mol. The molecular formula is C16H25NO2. The summed E-state index contributed by atoms with van der Waals surface area (Å²) in [5.41, 5.74) is 2.89. The molecule has 0 heterocycles. The van der Waals surface area contributed by atoms with E-state index in [0.717, 1.165) is 16.7 Å². The number of rotatable bonds is 6. The maximum atomic E-state index is 12.6. The summed E-state index contributed by atoms with van der Waals surface area (Å²) >= 11 is 0. The quantitative estimate of drug-likeness (QED) is 0.802. The minimum absolute atomic E-state index is 0.0720. The summed E-state index contributed by atoms with van der Waals surface area (Å²) in [6.45, 7) is 10.6. The van der Waals surface area contributed by atoms with Gasteiger partial charge >= 0.3 is 0 Å².